The summed E-state index contributed by atoms with van der Waals surface area (Å²) in [6.07, 6.45) is 4.60. The van der Waals surface area contributed by atoms with Crippen molar-refractivity contribution in [1.29, 1.82) is 0 Å². The molecule has 1 atom stereocenters. The van der Waals surface area contributed by atoms with Gasteiger partial charge in [-0.15, -0.1) is 11.3 Å². The molecule has 3 nitrogen and oxygen atoms in total. The second-order valence-electron chi connectivity index (χ2n) is 5.14. The fourth-order valence-corrected chi connectivity index (χ4v) is 3.42. The van der Waals surface area contributed by atoms with Crippen LogP contribution in [-0.4, -0.2) is 16.5 Å². The minimum absolute atomic E-state index is 0.232. The van der Waals surface area contributed by atoms with E-state index < -0.39 is 0 Å². The molecule has 3 aromatic rings. The third-order valence-electron chi connectivity index (χ3n) is 3.47. The summed E-state index contributed by atoms with van der Waals surface area (Å²) in [5.41, 5.74) is 3.14. The molecule has 1 aromatic carbocycles. The fourth-order valence-electron chi connectivity index (χ4n) is 2.44. The third kappa shape index (κ3) is 3.12. The predicted octanol–water partition coefficient (Wildman–Crippen LogP) is 4.09. The van der Waals surface area contributed by atoms with Gasteiger partial charge in [0.2, 0.25) is 0 Å². The van der Waals surface area contributed by atoms with Crippen molar-refractivity contribution in [2.24, 2.45) is 0 Å². The molecule has 0 spiro atoms. The van der Waals surface area contributed by atoms with Gasteiger partial charge < -0.3 is 5.32 Å². The molecule has 3 rings (SSSR count). The molecule has 2 aromatic heterocycles. The topological polar surface area (TPSA) is 37.8 Å². The van der Waals surface area contributed by atoms with Crippen LogP contribution in [0.3, 0.4) is 0 Å². The highest BCUT2D eigenvalue weighted by Crippen LogP contribution is 2.29. The average molecular weight is 297 g/mol. The molecule has 0 bridgehead atoms. The molecule has 0 aliphatic rings. The lowest BCUT2D eigenvalue weighted by Crippen LogP contribution is -2.22. The van der Waals surface area contributed by atoms with Crippen LogP contribution in [0.25, 0.3) is 11.0 Å². The summed E-state index contributed by atoms with van der Waals surface area (Å²) in [5, 5.41) is 3.64. The normalized spacial score (nSPS) is 12.7. The molecule has 0 saturated heterocycles. The summed E-state index contributed by atoms with van der Waals surface area (Å²) in [4.78, 5) is 11.4. The molecule has 0 aliphatic carbocycles. The van der Waals surface area contributed by atoms with Gasteiger partial charge >= 0.3 is 0 Å². The maximum Gasteiger partial charge on any atom is 0.0890 e. The van der Waals surface area contributed by atoms with Crippen molar-refractivity contribution in [1.82, 2.24) is 15.3 Å². The number of thiophene rings is 1. The molecule has 0 fully saturated rings. The van der Waals surface area contributed by atoms with Gasteiger partial charge in [0, 0.05) is 22.1 Å². The highest BCUT2D eigenvalue weighted by Gasteiger charge is 2.15. The van der Waals surface area contributed by atoms with Gasteiger partial charge in [0.25, 0.3) is 0 Å². The fraction of sp³-hybridized carbons (Fsp3) is 0.294. The molecule has 0 amide bonds. The Morgan fingerprint density at radius 2 is 1.90 bits per heavy atom. The first-order valence-corrected chi connectivity index (χ1v) is 8.10. The lowest BCUT2D eigenvalue weighted by Gasteiger charge is -2.18. The lowest BCUT2D eigenvalue weighted by atomic mass is 10.0. The Labute approximate surface area is 129 Å². The maximum atomic E-state index is 4.42. The number of nitrogens with zero attached hydrogens (tertiary/aromatic N) is 2. The molecule has 1 N–H and O–H groups in total. The van der Waals surface area contributed by atoms with Gasteiger partial charge in [0.05, 0.1) is 17.1 Å². The molecule has 0 aliphatic heterocycles. The van der Waals surface area contributed by atoms with E-state index in [0.717, 1.165) is 24.0 Å². The molecule has 108 valence electrons. The molecule has 4 heteroatoms. The Bertz CT molecular complexity index is 735. The number of fused-ring (bicyclic) bond motifs is 1. The van der Waals surface area contributed by atoms with E-state index in [1.165, 1.54) is 15.3 Å². The first-order chi connectivity index (χ1) is 10.3. The van der Waals surface area contributed by atoms with E-state index in [0.29, 0.717) is 0 Å². The maximum absolute atomic E-state index is 4.42. The highest BCUT2D eigenvalue weighted by atomic mass is 32.1. The SMILES string of the molecule is CCCNC(c1ccc2nccnc2c1)c1ccc(C)s1. The zero-order chi connectivity index (χ0) is 14.7. The smallest absolute Gasteiger partial charge is 0.0890 e. The van der Waals surface area contributed by atoms with E-state index >= 15 is 0 Å². The van der Waals surface area contributed by atoms with Crippen molar-refractivity contribution in [3.05, 3.63) is 58.0 Å². The van der Waals surface area contributed by atoms with Crippen molar-refractivity contribution in [3.63, 3.8) is 0 Å². The van der Waals surface area contributed by atoms with Gasteiger partial charge in [-0.3, -0.25) is 9.97 Å². The summed E-state index contributed by atoms with van der Waals surface area (Å²) < 4.78 is 0. The van der Waals surface area contributed by atoms with E-state index in [2.05, 4.69) is 59.5 Å². The standard InChI is InChI=1S/C17H19N3S/c1-3-8-20-17(16-7-4-12(2)21-16)13-5-6-14-15(11-13)19-10-9-18-14/h4-7,9-11,17,20H,3,8H2,1-2H3. The van der Waals surface area contributed by atoms with Crippen LogP contribution in [0, 0.1) is 6.92 Å². The Morgan fingerprint density at radius 3 is 2.62 bits per heavy atom. The van der Waals surface area contributed by atoms with Gasteiger partial charge in [-0.25, -0.2) is 0 Å². The number of hydrogen-bond acceptors (Lipinski definition) is 4. The molecule has 0 saturated carbocycles. The second kappa shape index (κ2) is 6.33. The van der Waals surface area contributed by atoms with Crippen LogP contribution in [0.2, 0.25) is 0 Å². The number of aryl methyl sites for hydroxylation is 1. The van der Waals surface area contributed by atoms with Crippen LogP contribution in [0.4, 0.5) is 0 Å². The first kappa shape index (κ1) is 14.2. The van der Waals surface area contributed by atoms with Gasteiger partial charge in [-0.05, 0) is 49.7 Å². The summed E-state index contributed by atoms with van der Waals surface area (Å²) in [5.74, 6) is 0. The molecule has 2 heterocycles. The number of benzene rings is 1. The van der Waals surface area contributed by atoms with Gasteiger partial charge in [-0.1, -0.05) is 13.0 Å². The lowest BCUT2D eigenvalue weighted by molar-refractivity contribution is 0.606. The van der Waals surface area contributed by atoms with E-state index in [1.54, 1.807) is 12.4 Å². The molecule has 1 unspecified atom stereocenters. The van der Waals surface area contributed by atoms with Gasteiger partial charge in [0.1, 0.15) is 0 Å². The third-order valence-corrected chi connectivity index (χ3v) is 4.54. The Balaban J connectivity index is 2.00. The summed E-state index contributed by atoms with van der Waals surface area (Å²) >= 11 is 1.85. The number of hydrogen-bond donors (Lipinski definition) is 1. The molecule has 0 radical (unpaired) electrons. The number of rotatable bonds is 5. The van der Waals surface area contributed by atoms with Crippen LogP contribution in [-0.2, 0) is 0 Å². The summed E-state index contributed by atoms with van der Waals surface area (Å²) in [6.45, 7) is 5.34. The minimum Gasteiger partial charge on any atom is -0.306 e. The van der Waals surface area contributed by atoms with Crippen LogP contribution < -0.4 is 5.32 Å². The van der Waals surface area contributed by atoms with Gasteiger partial charge in [-0.2, -0.15) is 0 Å². The minimum atomic E-state index is 0.232. The van der Waals surface area contributed by atoms with Crippen molar-refractivity contribution >= 4 is 22.4 Å². The Morgan fingerprint density at radius 1 is 1.10 bits per heavy atom. The van der Waals surface area contributed by atoms with Crippen LogP contribution in [0.5, 0.6) is 0 Å². The monoisotopic (exact) mass is 297 g/mol. The van der Waals surface area contributed by atoms with E-state index in [1.807, 2.05) is 11.3 Å². The van der Waals surface area contributed by atoms with Gasteiger partial charge in [0.15, 0.2) is 0 Å². The van der Waals surface area contributed by atoms with Crippen LogP contribution >= 0.6 is 11.3 Å². The van der Waals surface area contributed by atoms with E-state index in [-0.39, 0.29) is 6.04 Å². The summed E-state index contributed by atoms with van der Waals surface area (Å²) in [6, 6.07) is 11.0. The Hall–Kier alpha value is -1.78. The van der Waals surface area contributed by atoms with Crippen LogP contribution in [0.1, 0.15) is 34.7 Å². The predicted molar refractivity (Wildman–Crippen MR) is 88.7 cm³/mol. The zero-order valence-corrected chi connectivity index (χ0v) is 13.2. The number of nitrogens with one attached hydrogen (secondary N) is 1. The van der Waals surface area contributed by atoms with Crippen molar-refractivity contribution < 1.29 is 0 Å². The van der Waals surface area contributed by atoms with Crippen LogP contribution in [0.15, 0.2) is 42.7 Å². The van der Waals surface area contributed by atoms with Crippen molar-refractivity contribution in [2.75, 3.05) is 6.54 Å². The second-order valence-corrected chi connectivity index (χ2v) is 6.46. The molecular formula is C17H19N3S. The zero-order valence-electron chi connectivity index (χ0n) is 12.3. The summed E-state index contributed by atoms with van der Waals surface area (Å²) in [7, 11) is 0. The molecular weight excluding hydrogens is 278 g/mol. The van der Waals surface area contributed by atoms with E-state index in [4.69, 9.17) is 0 Å². The first-order valence-electron chi connectivity index (χ1n) is 7.28. The Kier molecular flexibility index (Phi) is 4.27. The quantitative estimate of drug-likeness (QED) is 0.771. The highest BCUT2D eigenvalue weighted by molar-refractivity contribution is 7.12. The van der Waals surface area contributed by atoms with Crippen molar-refractivity contribution in [3.8, 4) is 0 Å². The average Bonchev–Trinajstić information content (AvgIpc) is 2.94. The van der Waals surface area contributed by atoms with E-state index in [9.17, 15) is 0 Å². The largest absolute Gasteiger partial charge is 0.306 e. The number of aromatic nitrogens is 2. The van der Waals surface area contributed by atoms with Crippen molar-refractivity contribution in [2.45, 2.75) is 26.3 Å². The molecule has 21 heavy (non-hydrogen) atoms.